The number of hydrogen-bond acceptors (Lipinski definition) is 4. The highest BCUT2D eigenvalue weighted by Crippen LogP contribution is 2.27. The second-order valence-corrected chi connectivity index (χ2v) is 4.71. The Hall–Kier alpha value is -1.29. The zero-order chi connectivity index (χ0) is 12.1. The average molecular weight is 235 g/mol. The van der Waals surface area contributed by atoms with Gasteiger partial charge in [0, 0.05) is 13.1 Å². The van der Waals surface area contributed by atoms with Crippen molar-refractivity contribution >= 4 is 11.6 Å². The smallest absolute Gasteiger partial charge is 0.128 e. The van der Waals surface area contributed by atoms with Gasteiger partial charge in [-0.1, -0.05) is 13.0 Å². The summed E-state index contributed by atoms with van der Waals surface area (Å²) in [5.41, 5.74) is 0. The van der Waals surface area contributed by atoms with Gasteiger partial charge in [0.15, 0.2) is 0 Å². The van der Waals surface area contributed by atoms with Crippen LogP contribution in [0.2, 0.25) is 0 Å². The molecule has 4 nitrogen and oxygen atoms in total. The number of nitrogens with one attached hydrogen (secondary N) is 2. The molecule has 1 heterocycles. The van der Waals surface area contributed by atoms with Crippen LogP contribution in [-0.4, -0.2) is 29.3 Å². The summed E-state index contributed by atoms with van der Waals surface area (Å²) in [7, 11) is 0. The predicted octanol–water partition coefficient (Wildman–Crippen LogP) is 2.09. The van der Waals surface area contributed by atoms with E-state index >= 15 is 0 Å². The lowest BCUT2D eigenvalue weighted by molar-refractivity contribution is 0.0486. The summed E-state index contributed by atoms with van der Waals surface area (Å²) >= 11 is 0. The summed E-state index contributed by atoms with van der Waals surface area (Å²) in [5, 5.41) is 15.8. The lowest BCUT2D eigenvalue weighted by atomic mass is 9.82. The quantitative estimate of drug-likeness (QED) is 0.706. The summed E-state index contributed by atoms with van der Waals surface area (Å²) in [6.45, 7) is 3.99. The Morgan fingerprint density at radius 1 is 1.29 bits per heavy atom. The van der Waals surface area contributed by atoms with Crippen LogP contribution in [0.5, 0.6) is 0 Å². The van der Waals surface area contributed by atoms with Gasteiger partial charge in [0.25, 0.3) is 0 Å². The Balaban J connectivity index is 1.79. The first-order valence-electron chi connectivity index (χ1n) is 6.40. The molecule has 0 aliphatic heterocycles. The molecule has 4 heteroatoms. The molecule has 0 radical (unpaired) electrons. The number of hydrogen-bond donors (Lipinski definition) is 3. The minimum Gasteiger partial charge on any atom is -0.393 e. The van der Waals surface area contributed by atoms with Gasteiger partial charge < -0.3 is 15.7 Å². The molecule has 1 saturated carbocycles. The van der Waals surface area contributed by atoms with E-state index in [2.05, 4.69) is 22.5 Å². The minimum absolute atomic E-state index is 0.0766. The number of aliphatic hydroxyl groups is 1. The van der Waals surface area contributed by atoms with E-state index in [1.807, 2.05) is 18.2 Å². The highest BCUT2D eigenvalue weighted by atomic mass is 16.3. The third-order valence-electron chi connectivity index (χ3n) is 3.09. The van der Waals surface area contributed by atoms with Crippen LogP contribution in [0.1, 0.15) is 26.2 Å². The van der Waals surface area contributed by atoms with Gasteiger partial charge in [-0.05, 0) is 37.3 Å². The van der Waals surface area contributed by atoms with Crippen molar-refractivity contribution in [1.29, 1.82) is 0 Å². The average Bonchev–Trinajstić information content (AvgIpc) is 2.31. The number of pyridine rings is 1. The van der Waals surface area contributed by atoms with Gasteiger partial charge in [0.05, 0.1) is 6.10 Å². The maximum absolute atomic E-state index is 9.20. The molecule has 0 bridgehead atoms. The van der Waals surface area contributed by atoms with Crippen molar-refractivity contribution in [3.05, 3.63) is 18.2 Å². The monoisotopic (exact) mass is 235 g/mol. The Labute approximate surface area is 102 Å². The minimum atomic E-state index is -0.0766. The topological polar surface area (TPSA) is 57.2 Å². The molecule has 3 N–H and O–H groups in total. The van der Waals surface area contributed by atoms with Crippen LogP contribution >= 0.6 is 0 Å². The Morgan fingerprint density at radius 3 is 2.65 bits per heavy atom. The molecular weight excluding hydrogens is 214 g/mol. The van der Waals surface area contributed by atoms with Crippen molar-refractivity contribution in [2.45, 2.75) is 32.3 Å². The first kappa shape index (κ1) is 12.2. The number of nitrogens with zero attached hydrogens (tertiary/aromatic N) is 1. The molecule has 0 atom stereocenters. The number of aromatic nitrogens is 1. The molecule has 1 aliphatic carbocycles. The van der Waals surface area contributed by atoms with Crippen molar-refractivity contribution in [3.8, 4) is 0 Å². The van der Waals surface area contributed by atoms with Crippen LogP contribution in [0.3, 0.4) is 0 Å². The van der Waals surface area contributed by atoms with E-state index in [4.69, 9.17) is 0 Å². The van der Waals surface area contributed by atoms with Crippen LogP contribution in [0.4, 0.5) is 11.6 Å². The van der Waals surface area contributed by atoms with Gasteiger partial charge in [0.2, 0.25) is 0 Å². The molecule has 1 aromatic heterocycles. The maximum atomic E-state index is 9.20. The van der Waals surface area contributed by atoms with E-state index in [1.165, 1.54) is 0 Å². The fourth-order valence-electron chi connectivity index (χ4n) is 2.00. The van der Waals surface area contributed by atoms with Crippen LogP contribution in [0.25, 0.3) is 0 Å². The fraction of sp³-hybridized carbons (Fsp3) is 0.615. The number of anilines is 2. The van der Waals surface area contributed by atoms with Crippen LogP contribution in [0.15, 0.2) is 18.2 Å². The Kier molecular flexibility index (Phi) is 4.20. The van der Waals surface area contributed by atoms with E-state index in [9.17, 15) is 5.11 Å². The molecular formula is C13H21N3O. The Morgan fingerprint density at radius 2 is 2.00 bits per heavy atom. The highest BCUT2D eigenvalue weighted by Gasteiger charge is 2.26. The molecule has 0 amide bonds. The van der Waals surface area contributed by atoms with Crippen molar-refractivity contribution in [2.75, 3.05) is 23.7 Å². The largest absolute Gasteiger partial charge is 0.393 e. The van der Waals surface area contributed by atoms with Crippen molar-refractivity contribution in [2.24, 2.45) is 5.92 Å². The second kappa shape index (κ2) is 5.87. The van der Waals surface area contributed by atoms with Gasteiger partial charge in [0.1, 0.15) is 11.6 Å². The van der Waals surface area contributed by atoms with E-state index in [0.717, 1.165) is 44.0 Å². The van der Waals surface area contributed by atoms with Crippen LogP contribution in [0, 0.1) is 5.92 Å². The predicted molar refractivity (Wildman–Crippen MR) is 70.2 cm³/mol. The number of aliphatic hydroxyl groups excluding tert-OH is 1. The van der Waals surface area contributed by atoms with Crippen LogP contribution in [-0.2, 0) is 0 Å². The SMILES string of the molecule is CCCNc1cccc(NCC2CC(O)C2)n1. The lowest BCUT2D eigenvalue weighted by Gasteiger charge is -2.31. The maximum Gasteiger partial charge on any atom is 0.128 e. The fourth-order valence-corrected chi connectivity index (χ4v) is 2.00. The van der Waals surface area contributed by atoms with E-state index < -0.39 is 0 Å². The van der Waals surface area contributed by atoms with Gasteiger partial charge in [-0.2, -0.15) is 0 Å². The Bertz CT molecular complexity index is 350. The summed E-state index contributed by atoms with van der Waals surface area (Å²) in [6.07, 6.45) is 2.85. The highest BCUT2D eigenvalue weighted by molar-refractivity contribution is 5.45. The van der Waals surface area contributed by atoms with Gasteiger partial charge in [-0.25, -0.2) is 4.98 Å². The summed E-state index contributed by atoms with van der Waals surface area (Å²) in [5.74, 6) is 2.43. The van der Waals surface area contributed by atoms with Gasteiger partial charge >= 0.3 is 0 Å². The van der Waals surface area contributed by atoms with E-state index in [1.54, 1.807) is 0 Å². The summed E-state index contributed by atoms with van der Waals surface area (Å²) < 4.78 is 0. The third kappa shape index (κ3) is 3.60. The molecule has 1 aromatic rings. The first-order valence-corrected chi connectivity index (χ1v) is 6.40. The molecule has 1 aliphatic rings. The molecule has 0 spiro atoms. The second-order valence-electron chi connectivity index (χ2n) is 4.71. The van der Waals surface area contributed by atoms with Gasteiger partial charge in [-0.3, -0.25) is 0 Å². The number of rotatable bonds is 6. The van der Waals surface area contributed by atoms with Crippen molar-refractivity contribution in [1.82, 2.24) is 4.98 Å². The van der Waals surface area contributed by atoms with E-state index in [-0.39, 0.29) is 6.10 Å². The molecule has 17 heavy (non-hydrogen) atoms. The molecule has 2 rings (SSSR count). The van der Waals surface area contributed by atoms with Crippen molar-refractivity contribution < 1.29 is 5.11 Å². The molecule has 0 unspecified atom stereocenters. The van der Waals surface area contributed by atoms with Crippen LogP contribution < -0.4 is 10.6 Å². The summed E-state index contributed by atoms with van der Waals surface area (Å²) in [6, 6.07) is 5.96. The van der Waals surface area contributed by atoms with Crippen molar-refractivity contribution in [3.63, 3.8) is 0 Å². The standard InChI is InChI=1S/C13H21N3O/c1-2-6-14-12-4-3-5-13(16-12)15-9-10-7-11(17)8-10/h3-5,10-11,17H,2,6-9H2,1H3,(H2,14,15,16). The lowest BCUT2D eigenvalue weighted by Crippen LogP contribution is -2.33. The normalized spacial score (nSPS) is 22.9. The molecule has 1 fully saturated rings. The van der Waals surface area contributed by atoms with Gasteiger partial charge in [-0.15, -0.1) is 0 Å². The molecule has 0 saturated heterocycles. The zero-order valence-corrected chi connectivity index (χ0v) is 10.3. The third-order valence-corrected chi connectivity index (χ3v) is 3.09. The zero-order valence-electron chi connectivity index (χ0n) is 10.3. The first-order chi connectivity index (χ1) is 8.28. The molecule has 0 aromatic carbocycles. The van der Waals surface area contributed by atoms with E-state index in [0.29, 0.717) is 5.92 Å². The molecule has 94 valence electrons. The summed E-state index contributed by atoms with van der Waals surface area (Å²) in [4.78, 5) is 4.47.